The average molecular weight is 328 g/mol. The van der Waals surface area contributed by atoms with Gasteiger partial charge < -0.3 is 14.2 Å². The minimum absolute atomic E-state index is 0.0133. The van der Waals surface area contributed by atoms with Gasteiger partial charge in [0, 0.05) is 32.1 Å². The van der Waals surface area contributed by atoms with E-state index in [4.69, 9.17) is 4.42 Å². The lowest BCUT2D eigenvalue weighted by Gasteiger charge is -2.23. The van der Waals surface area contributed by atoms with Crippen molar-refractivity contribution in [3.8, 4) is 0 Å². The van der Waals surface area contributed by atoms with Gasteiger partial charge in [-0.05, 0) is 55.4 Å². The Bertz CT molecular complexity index is 640. The monoisotopic (exact) mass is 328 g/mol. The number of hydrogen-bond donors (Lipinski definition) is 0. The third-order valence-electron chi connectivity index (χ3n) is 6.88. The topological polar surface area (TPSA) is 53.8 Å². The van der Waals surface area contributed by atoms with E-state index in [0.717, 1.165) is 31.3 Å². The van der Waals surface area contributed by atoms with Crippen LogP contribution in [0.1, 0.15) is 36.0 Å². The Hall–Kier alpha value is -1.78. The quantitative estimate of drug-likeness (QED) is 0.837. The SMILES string of the molecule is O=C(c1ccoc1)N1CCCN(C(=O)C2[C@@H]3[C@H]4CC[C@H](C4)[C@H]23)CC1. The number of hydrogen-bond acceptors (Lipinski definition) is 3. The van der Waals surface area contributed by atoms with E-state index in [2.05, 4.69) is 0 Å². The predicted molar refractivity (Wildman–Crippen MR) is 87.1 cm³/mol. The van der Waals surface area contributed by atoms with Gasteiger partial charge in [0.15, 0.2) is 0 Å². The molecule has 24 heavy (non-hydrogen) atoms. The summed E-state index contributed by atoms with van der Waals surface area (Å²) in [7, 11) is 0. The van der Waals surface area contributed by atoms with E-state index in [1.54, 1.807) is 6.07 Å². The standard InChI is InChI=1S/C19H24N2O3/c22-18(14-4-9-24-11-14)20-5-1-6-21(8-7-20)19(23)17-15-12-2-3-13(10-12)16(15)17/h4,9,11-13,15-17H,1-3,5-8,10H2/t12-,13+,15+,16-,17?. The molecule has 4 fully saturated rings. The molecular formula is C19H24N2O3. The maximum Gasteiger partial charge on any atom is 0.257 e. The fourth-order valence-electron chi connectivity index (χ4n) is 5.78. The first-order valence-electron chi connectivity index (χ1n) is 9.34. The molecule has 1 aromatic heterocycles. The molecule has 2 heterocycles. The lowest BCUT2D eigenvalue weighted by atomic mass is 10.0. The Morgan fingerprint density at radius 3 is 2.42 bits per heavy atom. The van der Waals surface area contributed by atoms with Gasteiger partial charge in [-0.3, -0.25) is 9.59 Å². The van der Waals surface area contributed by atoms with E-state index in [9.17, 15) is 9.59 Å². The molecule has 3 saturated carbocycles. The average Bonchev–Trinajstić information content (AvgIpc) is 2.92. The Labute approximate surface area is 142 Å². The Morgan fingerprint density at radius 2 is 1.71 bits per heavy atom. The molecule has 0 spiro atoms. The van der Waals surface area contributed by atoms with Crippen molar-refractivity contribution in [3.05, 3.63) is 24.2 Å². The number of furan rings is 1. The van der Waals surface area contributed by atoms with Gasteiger partial charge in [-0.2, -0.15) is 0 Å². The summed E-state index contributed by atoms with van der Waals surface area (Å²) in [6.45, 7) is 2.81. The molecule has 5 nitrogen and oxygen atoms in total. The van der Waals surface area contributed by atoms with Crippen molar-refractivity contribution in [2.75, 3.05) is 26.2 Å². The van der Waals surface area contributed by atoms with Gasteiger partial charge in [-0.25, -0.2) is 0 Å². The maximum atomic E-state index is 13.0. The fourth-order valence-corrected chi connectivity index (χ4v) is 5.78. The molecule has 5 atom stereocenters. The number of carbonyl (C=O) groups excluding carboxylic acids is 2. The molecule has 128 valence electrons. The summed E-state index contributed by atoms with van der Waals surface area (Å²) in [4.78, 5) is 29.3. The van der Waals surface area contributed by atoms with Crippen molar-refractivity contribution in [2.24, 2.45) is 29.6 Å². The van der Waals surface area contributed by atoms with Gasteiger partial charge in [-0.15, -0.1) is 0 Å². The molecule has 1 aliphatic heterocycles. The highest BCUT2D eigenvalue weighted by Gasteiger charge is 2.67. The minimum Gasteiger partial charge on any atom is -0.472 e. The third kappa shape index (κ3) is 2.13. The zero-order valence-electron chi connectivity index (χ0n) is 13.9. The largest absolute Gasteiger partial charge is 0.472 e. The molecule has 0 aromatic carbocycles. The summed E-state index contributed by atoms with van der Waals surface area (Å²) in [5, 5.41) is 0. The van der Waals surface area contributed by atoms with Crippen LogP contribution in [-0.2, 0) is 4.79 Å². The van der Waals surface area contributed by atoms with E-state index < -0.39 is 0 Å². The highest BCUT2D eigenvalue weighted by Crippen LogP contribution is 2.69. The van der Waals surface area contributed by atoms with Crippen LogP contribution in [0.15, 0.2) is 23.0 Å². The first-order valence-corrected chi connectivity index (χ1v) is 9.34. The summed E-state index contributed by atoms with van der Waals surface area (Å²) in [6, 6.07) is 1.71. The van der Waals surface area contributed by atoms with E-state index in [0.29, 0.717) is 42.3 Å². The smallest absolute Gasteiger partial charge is 0.257 e. The molecule has 2 amide bonds. The van der Waals surface area contributed by atoms with Crippen LogP contribution in [0.25, 0.3) is 0 Å². The molecule has 0 radical (unpaired) electrons. The Balaban J connectivity index is 1.22. The minimum atomic E-state index is 0.0133. The summed E-state index contributed by atoms with van der Waals surface area (Å²) in [5.41, 5.74) is 0.600. The Morgan fingerprint density at radius 1 is 1.00 bits per heavy atom. The second-order valence-corrected chi connectivity index (χ2v) is 8.00. The molecule has 2 bridgehead atoms. The number of fused-ring (bicyclic) bond motifs is 5. The second kappa shape index (κ2) is 5.36. The normalized spacial score (nSPS) is 37.2. The van der Waals surface area contributed by atoms with Crippen LogP contribution in [0.4, 0.5) is 0 Å². The lowest BCUT2D eigenvalue weighted by molar-refractivity contribution is -0.133. The predicted octanol–water partition coefficient (Wildman–Crippen LogP) is 2.25. The van der Waals surface area contributed by atoms with Crippen molar-refractivity contribution in [3.63, 3.8) is 0 Å². The molecule has 5 heteroatoms. The molecule has 1 unspecified atom stereocenters. The molecule has 3 aliphatic carbocycles. The van der Waals surface area contributed by atoms with Crippen LogP contribution in [0.2, 0.25) is 0 Å². The van der Waals surface area contributed by atoms with E-state index in [-0.39, 0.29) is 5.91 Å². The van der Waals surface area contributed by atoms with Crippen LogP contribution < -0.4 is 0 Å². The number of amides is 2. The Kier molecular flexibility index (Phi) is 3.25. The summed E-state index contributed by atoms with van der Waals surface area (Å²) < 4.78 is 5.01. The van der Waals surface area contributed by atoms with Gasteiger partial charge in [0.05, 0.1) is 11.8 Å². The van der Waals surface area contributed by atoms with Crippen LogP contribution in [0.5, 0.6) is 0 Å². The van der Waals surface area contributed by atoms with Gasteiger partial charge in [0.1, 0.15) is 6.26 Å². The van der Waals surface area contributed by atoms with Crippen molar-refractivity contribution in [2.45, 2.75) is 25.7 Å². The zero-order valence-corrected chi connectivity index (χ0v) is 13.9. The first kappa shape index (κ1) is 14.6. The number of rotatable bonds is 2. The number of nitrogens with zero attached hydrogens (tertiary/aromatic N) is 2. The van der Waals surface area contributed by atoms with E-state index in [1.807, 2.05) is 9.80 Å². The van der Waals surface area contributed by atoms with Crippen LogP contribution in [0, 0.1) is 29.6 Å². The van der Waals surface area contributed by atoms with Crippen LogP contribution in [0.3, 0.4) is 0 Å². The molecular weight excluding hydrogens is 304 g/mol. The summed E-state index contributed by atoms with van der Waals surface area (Å²) >= 11 is 0. The zero-order chi connectivity index (χ0) is 16.3. The molecule has 5 rings (SSSR count). The van der Waals surface area contributed by atoms with Crippen molar-refractivity contribution < 1.29 is 14.0 Å². The highest BCUT2D eigenvalue weighted by molar-refractivity contribution is 5.94. The van der Waals surface area contributed by atoms with Crippen LogP contribution in [-0.4, -0.2) is 47.8 Å². The van der Waals surface area contributed by atoms with Crippen molar-refractivity contribution in [1.29, 1.82) is 0 Å². The van der Waals surface area contributed by atoms with E-state index >= 15 is 0 Å². The third-order valence-corrected chi connectivity index (χ3v) is 6.88. The first-order chi connectivity index (χ1) is 11.7. The van der Waals surface area contributed by atoms with Gasteiger partial charge >= 0.3 is 0 Å². The summed E-state index contributed by atoms with van der Waals surface area (Å²) in [6.07, 6.45) is 7.97. The summed E-state index contributed by atoms with van der Waals surface area (Å²) in [5.74, 6) is 3.76. The second-order valence-electron chi connectivity index (χ2n) is 8.00. The fraction of sp³-hybridized carbons (Fsp3) is 0.684. The van der Waals surface area contributed by atoms with Gasteiger partial charge in [-0.1, -0.05) is 0 Å². The molecule has 1 aromatic rings. The maximum absolute atomic E-state index is 13.0. The number of carbonyl (C=O) groups is 2. The van der Waals surface area contributed by atoms with Gasteiger partial charge in [0.25, 0.3) is 5.91 Å². The van der Waals surface area contributed by atoms with Gasteiger partial charge in [0.2, 0.25) is 5.91 Å². The van der Waals surface area contributed by atoms with Crippen molar-refractivity contribution >= 4 is 11.8 Å². The van der Waals surface area contributed by atoms with E-state index in [1.165, 1.54) is 31.8 Å². The molecule has 1 saturated heterocycles. The van der Waals surface area contributed by atoms with Crippen LogP contribution >= 0.6 is 0 Å². The lowest BCUT2D eigenvalue weighted by Crippen LogP contribution is -2.38. The highest BCUT2D eigenvalue weighted by atomic mass is 16.3. The van der Waals surface area contributed by atoms with Crippen molar-refractivity contribution in [1.82, 2.24) is 9.80 Å². The molecule has 4 aliphatic rings. The molecule has 0 N–H and O–H groups in total.